The van der Waals surface area contributed by atoms with E-state index in [4.69, 9.17) is 5.11 Å². The number of carboxylic acid groups (broad SMARTS) is 1. The normalized spacial score (nSPS) is 18.4. The number of anilines is 1. The summed E-state index contributed by atoms with van der Waals surface area (Å²) in [6.07, 6.45) is 6.69. The number of hydrogen-bond donors (Lipinski definition) is 1. The molecule has 0 radical (unpaired) electrons. The zero-order valence-corrected chi connectivity index (χ0v) is 13.3. The van der Waals surface area contributed by atoms with Gasteiger partial charge in [0.05, 0.1) is 12.4 Å². The van der Waals surface area contributed by atoms with Crippen molar-refractivity contribution < 1.29 is 9.90 Å². The van der Waals surface area contributed by atoms with E-state index in [2.05, 4.69) is 43.5 Å². The van der Waals surface area contributed by atoms with Crippen molar-refractivity contribution in [3.05, 3.63) is 30.2 Å². The van der Waals surface area contributed by atoms with Gasteiger partial charge in [0.1, 0.15) is 18.0 Å². The Labute approximate surface area is 134 Å². The van der Waals surface area contributed by atoms with E-state index in [1.54, 1.807) is 6.33 Å². The van der Waals surface area contributed by atoms with E-state index < -0.39 is 5.97 Å². The van der Waals surface area contributed by atoms with Crippen LogP contribution in [0.1, 0.15) is 55.0 Å². The zero-order chi connectivity index (χ0) is 16.4. The van der Waals surface area contributed by atoms with E-state index in [-0.39, 0.29) is 11.6 Å². The summed E-state index contributed by atoms with van der Waals surface area (Å²) >= 11 is 0. The molecule has 1 N–H and O–H groups in total. The lowest BCUT2D eigenvalue weighted by Gasteiger charge is -2.33. The molecule has 0 aliphatic carbocycles. The molecule has 0 saturated carbocycles. The van der Waals surface area contributed by atoms with Crippen LogP contribution in [0.3, 0.4) is 0 Å². The Bertz CT molecular complexity index is 682. The van der Waals surface area contributed by atoms with Crippen molar-refractivity contribution in [2.24, 2.45) is 0 Å². The van der Waals surface area contributed by atoms with Gasteiger partial charge in [-0.1, -0.05) is 0 Å². The fraction of sp³-hybridized carbons (Fsp3) is 0.533. The quantitative estimate of drug-likeness (QED) is 0.917. The maximum atomic E-state index is 10.9. The molecular weight excluding hydrogens is 296 g/mol. The molecule has 1 unspecified atom stereocenters. The molecule has 8 heteroatoms. The highest BCUT2D eigenvalue weighted by Gasteiger charge is 2.26. The topological polar surface area (TPSA) is 97.0 Å². The van der Waals surface area contributed by atoms with Gasteiger partial charge in [0.15, 0.2) is 5.69 Å². The molecule has 2 aromatic rings. The first-order valence-corrected chi connectivity index (χ1v) is 7.76. The fourth-order valence-corrected chi connectivity index (χ4v) is 2.93. The Morgan fingerprint density at radius 3 is 2.83 bits per heavy atom. The van der Waals surface area contributed by atoms with Crippen LogP contribution in [0.4, 0.5) is 5.82 Å². The largest absolute Gasteiger partial charge is 0.476 e. The highest BCUT2D eigenvalue weighted by atomic mass is 16.4. The van der Waals surface area contributed by atoms with Gasteiger partial charge in [-0.2, -0.15) is 0 Å². The average molecular weight is 316 g/mol. The molecule has 0 spiro atoms. The molecule has 1 aliphatic rings. The van der Waals surface area contributed by atoms with Gasteiger partial charge in [-0.3, -0.25) is 0 Å². The van der Waals surface area contributed by atoms with E-state index >= 15 is 0 Å². The molecule has 122 valence electrons. The summed E-state index contributed by atoms with van der Waals surface area (Å²) in [6.45, 7) is 5.90. The van der Waals surface area contributed by atoms with Crippen LogP contribution in [-0.2, 0) is 0 Å². The lowest BCUT2D eigenvalue weighted by molar-refractivity contribution is 0.0690. The Morgan fingerprint density at radius 1 is 1.35 bits per heavy atom. The van der Waals surface area contributed by atoms with Crippen LogP contribution in [-0.4, -0.2) is 48.9 Å². The molecule has 1 fully saturated rings. The van der Waals surface area contributed by atoms with Gasteiger partial charge in [-0.25, -0.2) is 14.8 Å². The van der Waals surface area contributed by atoms with Gasteiger partial charge in [0.2, 0.25) is 0 Å². The molecule has 0 amide bonds. The van der Waals surface area contributed by atoms with Crippen molar-refractivity contribution >= 4 is 11.8 Å². The number of rotatable bonds is 4. The van der Waals surface area contributed by atoms with Crippen molar-refractivity contribution in [2.45, 2.75) is 38.6 Å². The summed E-state index contributed by atoms with van der Waals surface area (Å²) in [5.41, 5.74) is -0.0399. The number of carbonyl (C=O) groups is 1. The third-order valence-electron chi connectivity index (χ3n) is 4.12. The van der Waals surface area contributed by atoms with E-state index in [9.17, 15) is 4.79 Å². The average Bonchev–Trinajstić information content (AvgIpc) is 3.05. The lowest BCUT2D eigenvalue weighted by atomic mass is 9.97. The van der Waals surface area contributed by atoms with Crippen LogP contribution >= 0.6 is 0 Å². The van der Waals surface area contributed by atoms with Gasteiger partial charge >= 0.3 is 5.97 Å². The standard InChI is InChI=1S/C15H20N6O2/c1-10(2)21-9-18-19-14(21)11-4-3-5-20(8-11)13-7-16-12(6-17-13)15(22)23/h6-7,9-11H,3-5,8H2,1-2H3,(H,22,23). The summed E-state index contributed by atoms with van der Waals surface area (Å²) in [5, 5.41) is 17.2. The minimum atomic E-state index is -1.06. The molecule has 3 rings (SSSR count). The minimum absolute atomic E-state index is 0.0399. The lowest BCUT2D eigenvalue weighted by Crippen LogP contribution is -2.36. The van der Waals surface area contributed by atoms with Crippen LogP contribution in [0, 0.1) is 0 Å². The first-order valence-electron chi connectivity index (χ1n) is 7.76. The fourth-order valence-electron chi connectivity index (χ4n) is 2.93. The van der Waals surface area contributed by atoms with Crippen molar-refractivity contribution in [1.29, 1.82) is 0 Å². The van der Waals surface area contributed by atoms with E-state index in [1.807, 2.05) is 0 Å². The van der Waals surface area contributed by atoms with Crippen LogP contribution in [0.25, 0.3) is 0 Å². The summed E-state index contributed by atoms with van der Waals surface area (Å²) in [5.74, 6) is 0.926. The Hall–Kier alpha value is -2.51. The maximum Gasteiger partial charge on any atom is 0.356 e. The number of piperidine rings is 1. The molecular formula is C15H20N6O2. The number of aromatic nitrogens is 5. The third-order valence-corrected chi connectivity index (χ3v) is 4.12. The van der Waals surface area contributed by atoms with Gasteiger partial charge in [0, 0.05) is 25.0 Å². The molecule has 2 aromatic heterocycles. The number of carboxylic acids is 1. The van der Waals surface area contributed by atoms with Crippen molar-refractivity contribution in [1.82, 2.24) is 24.7 Å². The smallest absolute Gasteiger partial charge is 0.356 e. The first-order chi connectivity index (χ1) is 11.1. The molecule has 1 aliphatic heterocycles. The van der Waals surface area contributed by atoms with Crippen LogP contribution in [0.15, 0.2) is 18.7 Å². The third kappa shape index (κ3) is 3.15. The van der Waals surface area contributed by atoms with Crippen molar-refractivity contribution in [3.8, 4) is 0 Å². The van der Waals surface area contributed by atoms with Gasteiger partial charge < -0.3 is 14.6 Å². The zero-order valence-electron chi connectivity index (χ0n) is 13.3. The van der Waals surface area contributed by atoms with E-state index in [0.29, 0.717) is 11.9 Å². The van der Waals surface area contributed by atoms with Crippen LogP contribution in [0.5, 0.6) is 0 Å². The summed E-state index contributed by atoms with van der Waals surface area (Å²) in [6, 6.07) is 0.324. The molecule has 23 heavy (non-hydrogen) atoms. The second kappa shape index (κ2) is 6.31. The molecule has 0 bridgehead atoms. The second-order valence-electron chi connectivity index (χ2n) is 6.04. The highest BCUT2D eigenvalue weighted by molar-refractivity contribution is 5.84. The molecule has 3 heterocycles. The molecule has 1 saturated heterocycles. The van der Waals surface area contributed by atoms with Crippen molar-refractivity contribution in [3.63, 3.8) is 0 Å². The maximum absolute atomic E-state index is 10.9. The Kier molecular flexibility index (Phi) is 4.22. The molecule has 0 aromatic carbocycles. The summed E-state index contributed by atoms with van der Waals surface area (Å²) < 4.78 is 2.10. The van der Waals surface area contributed by atoms with Gasteiger partial charge in [-0.05, 0) is 26.7 Å². The SMILES string of the molecule is CC(C)n1cnnc1C1CCCN(c2cnc(C(=O)O)cn2)C1. The summed E-state index contributed by atoms with van der Waals surface area (Å²) in [4.78, 5) is 21.2. The van der Waals surface area contributed by atoms with Gasteiger partial charge in [0.25, 0.3) is 0 Å². The Morgan fingerprint density at radius 2 is 2.17 bits per heavy atom. The van der Waals surface area contributed by atoms with Crippen LogP contribution < -0.4 is 4.90 Å². The van der Waals surface area contributed by atoms with Gasteiger partial charge in [-0.15, -0.1) is 10.2 Å². The van der Waals surface area contributed by atoms with E-state index in [0.717, 1.165) is 31.8 Å². The minimum Gasteiger partial charge on any atom is -0.476 e. The van der Waals surface area contributed by atoms with Crippen LogP contribution in [0.2, 0.25) is 0 Å². The highest BCUT2D eigenvalue weighted by Crippen LogP contribution is 2.28. The predicted molar refractivity (Wildman–Crippen MR) is 83.6 cm³/mol. The molecule has 8 nitrogen and oxygen atoms in total. The number of hydrogen-bond acceptors (Lipinski definition) is 6. The number of nitrogens with zero attached hydrogens (tertiary/aromatic N) is 6. The second-order valence-corrected chi connectivity index (χ2v) is 6.04. The monoisotopic (exact) mass is 316 g/mol. The van der Waals surface area contributed by atoms with Crippen molar-refractivity contribution in [2.75, 3.05) is 18.0 Å². The molecule has 1 atom stereocenters. The Balaban J connectivity index is 1.78. The summed E-state index contributed by atoms with van der Waals surface area (Å²) in [7, 11) is 0. The first kappa shape index (κ1) is 15.4. The predicted octanol–water partition coefficient (Wildman–Crippen LogP) is 1.73. The number of aromatic carboxylic acids is 1. The van der Waals surface area contributed by atoms with E-state index in [1.165, 1.54) is 12.4 Å².